The highest BCUT2D eigenvalue weighted by Crippen LogP contribution is 2.45. The van der Waals surface area contributed by atoms with Crippen LogP contribution in [-0.2, 0) is 30.2 Å². The molecule has 0 aliphatic carbocycles. The molecule has 1 amide bonds. The molecule has 0 radical (unpaired) electrons. The van der Waals surface area contributed by atoms with E-state index >= 15 is 0 Å². The molecular weight excluding hydrogens is 466 g/mol. The van der Waals surface area contributed by atoms with Crippen molar-refractivity contribution in [1.82, 2.24) is 0 Å². The molecule has 3 heterocycles. The van der Waals surface area contributed by atoms with Gasteiger partial charge in [-0.3, -0.25) is 4.79 Å². The first kappa shape index (κ1) is 24.0. The van der Waals surface area contributed by atoms with E-state index in [1.165, 1.54) is 7.11 Å². The SMILES string of the molecule is CO[C@@H]1[C@H]2OC(=O)O[C@H]2[C@H](c2ccc3cc(NC(=O)Cc4ccccc4)c(=O)oc3c2C)OC1(C)C. The van der Waals surface area contributed by atoms with Crippen LogP contribution >= 0.6 is 0 Å². The molecule has 5 rings (SSSR count). The van der Waals surface area contributed by atoms with E-state index in [1.807, 2.05) is 50.2 Å². The summed E-state index contributed by atoms with van der Waals surface area (Å²) in [5.74, 6) is -0.319. The molecule has 2 aromatic carbocycles. The predicted octanol–water partition coefficient (Wildman–Crippen LogP) is 4.05. The number of amides is 1. The number of rotatable bonds is 5. The predicted molar refractivity (Wildman–Crippen MR) is 130 cm³/mol. The Bertz CT molecular complexity index is 1380. The third kappa shape index (κ3) is 4.25. The van der Waals surface area contributed by atoms with E-state index in [0.717, 1.165) is 5.56 Å². The fraction of sp³-hybridized carbons (Fsp3) is 0.370. The molecule has 1 N–H and O–H groups in total. The third-order valence-electron chi connectivity index (χ3n) is 6.74. The van der Waals surface area contributed by atoms with Crippen LogP contribution in [0.4, 0.5) is 10.5 Å². The molecular formula is C27H27NO8. The molecule has 4 atom stereocenters. The van der Waals surface area contributed by atoms with Gasteiger partial charge in [-0.05, 0) is 43.5 Å². The number of anilines is 1. The van der Waals surface area contributed by atoms with E-state index < -0.39 is 41.8 Å². The number of carbonyl (C=O) groups excluding carboxylic acids is 2. The molecule has 36 heavy (non-hydrogen) atoms. The zero-order chi connectivity index (χ0) is 25.6. The molecule has 2 aliphatic rings. The van der Waals surface area contributed by atoms with Crippen LogP contribution in [0.15, 0.2) is 57.7 Å². The Balaban J connectivity index is 1.46. The highest BCUT2D eigenvalue weighted by Gasteiger charge is 2.58. The van der Waals surface area contributed by atoms with Gasteiger partial charge in [0.25, 0.3) is 0 Å². The van der Waals surface area contributed by atoms with Crippen molar-refractivity contribution >= 4 is 28.7 Å². The van der Waals surface area contributed by atoms with Gasteiger partial charge in [0.2, 0.25) is 5.91 Å². The van der Waals surface area contributed by atoms with Crippen LogP contribution in [0.1, 0.15) is 36.6 Å². The molecule has 2 aliphatic heterocycles. The molecule has 188 valence electrons. The van der Waals surface area contributed by atoms with Crippen LogP contribution in [0.3, 0.4) is 0 Å². The lowest BCUT2D eigenvalue weighted by molar-refractivity contribution is -0.237. The van der Waals surface area contributed by atoms with Gasteiger partial charge in [-0.15, -0.1) is 0 Å². The first-order valence-corrected chi connectivity index (χ1v) is 11.7. The lowest BCUT2D eigenvalue weighted by atomic mass is 9.84. The van der Waals surface area contributed by atoms with Crippen molar-refractivity contribution in [1.29, 1.82) is 0 Å². The molecule has 0 spiro atoms. The topological polar surface area (TPSA) is 113 Å². The Morgan fingerprint density at radius 3 is 2.50 bits per heavy atom. The smallest absolute Gasteiger partial charge is 0.424 e. The van der Waals surface area contributed by atoms with Crippen molar-refractivity contribution in [3.63, 3.8) is 0 Å². The van der Waals surface area contributed by atoms with Gasteiger partial charge in [-0.2, -0.15) is 0 Å². The van der Waals surface area contributed by atoms with Crippen molar-refractivity contribution in [2.45, 2.75) is 57.2 Å². The average Bonchev–Trinajstić information content (AvgIpc) is 3.21. The van der Waals surface area contributed by atoms with Crippen LogP contribution in [0.5, 0.6) is 0 Å². The summed E-state index contributed by atoms with van der Waals surface area (Å²) in [6, 6.07) is 14.5. The third-order valence-corrected chi connectivity index (χ3v) is 6.74. The van der Waals surface area contributed by atoms with Gasteiger partial charge in [-0.25, -0.2) is 9.59 Å². The normalized spacial score (nSPS) is 24.6. The van der Waals surface area contributed by atoms with Gasteiger partial charge in [0.1, 0.15) is 23.5 Å². The molecule has 0 saturated carbocycles. The molecule has 0 bridgehead atoms. The van der Waals surface area contributed by atoms with Gasteiger partial charge < -0.3 is 28.7 Å². The maximum absolute atomic E-state index is 12.8. The number of hydrogen-bond donors (Lipinski definition) is 1. The summed E-state index contributed by atoms with van der Waals surface area (Å²) in [6.45, 7) is 5.52. The summed E-state index contributed by atoms with van der Waals surface area (Å²) < 4.78 is 28.4. The maximum atomic E-state index is 12.8. The Morgan fingerprint density at radius 2 is 1.78 bits per heavy atom. The van der Waals surface area contributed by atoms with Gasteiger partial charge in [-0.1, -0.05) is 42.5 Å². The van der Waals surface area contributed by atoms with E-state index in [9.17, 15) is 14.4 Å². The van der Waals surface area contributed by atoms with E-state index in [0.29, 0.717) is 22.1 Å². The Kier molecular flexibility index (Phi) is 6.05. The Hall–Kier alpha value is -3.69. The number of aryl methyl sites for hydroxylation is 1. The standard InChI is InChI=1S/C27H27NO8/c1-14-17(21-22-23(35-26(31)34-22)24(32-4)27(2,3)36-21)11-10-16-13-18(25(30)33-20(14)16)28-19(29)12-15-8-6-5-7-9-15/h5-11,13,21-24H,12H2,1-4H3,(H,28,29)/t21-,22-,23-,24+/m0/s1. The molecule has 3 aromatic rings. The summed E-state index contributed by atoms with van der Waals surface area (Å²) in [6.07, 6.45) is -3.21. The van der Waals surface area contributed by atoms with Gasteiger partial charge >= 0.3 is 11.8 Å². The zero-order valence-corrected chi connectivity index (χ0v) is 20.4. The lowest BCUT2D eigenvalue weighted by Crippen LogP contribution is -2.58. The number of ether oxygens (including phenoxy) is 4. The minimum atomic E-state index is -0.788. The molecule has 2 fully saturated rings. The fourth-order valence-electron chi connectivity index (χ4n) is 5.08. The van der Waals surface area contributed by atoms with E-state index in [2.05, 4.69) is 5.32 Å². The van der Waals surface area contributed by atoms with E-state index in [-0.39, 0.29) is 18.0 Å². The largest absolute Gasteiger partial charge is 0.509 e. The van der Waals surface area contributed by atoms with Crippen LogP contribution in [0.2, 0.25) is 0 Å². The molecule has 9 nitrogen and oxygen atoms in total. The summed E-state index contributed by atoms with van der Waals surface area (Å²) in [5, 5.41) is 3.28. The minimum Gasteiger partial charge on any atom is -0.424 e. The van der Waals surface area contributed by atoms with E-state index in [1.54, 1.807) is 19.1 Å². The number of nitrogens with one attached hydrogen (secondary N) is 1. The van der Waals surface area contributed by atoms with Crippen molar-refractivity contribution in [3.8, 4) is 0 Å². The van der Waals surface area contributed by atoms with Crippen molar-refractivity contribution in [3.05, 3.63) is 75.6 Å². The van der Waals surface area contributed by atoms with Gasteiger partial charge in [0.05, 0.1) is 12.0 Å². The van der Waals surface area contributed by atoms with Gasteiger partial charge in [0, 0.05) is 12.5 Å². The monoisotopic (exact) mass is 493 g/mol. The van der Waals surface area contributed by atoms with E-state index in [4.69, 9.17) is 23.4 Å². The molecule has 1 aromatic heterocycles. The first-order chi connectivity index (χ1) is 17.2. The van der Waals surface area contributed by atoms with Crippen LogP contribution < -0.4 is 10.9 Å². The van der Waals surface area contributed by atoms with Crippen molar-refractivity contribution in [2.75, 3.05) is 12.4 Å². The minimum absolute atomic E-state index is 0.0618. The number of hydrogen-bond acceptors (Lipinski definition) is 8. The number of fused-ring (bicyclic) bond motifs is 2. The van der Waals surface area contributed by atoms with Gasteiger partial charge in [0.15, 0.2) is 12.2 Å². The maximum Gasteiger partial charge on any atom is 0.509 e. The Morgan fingerprint density at radius 1 is 1.06 bits per heavy atom. The van der Waals surface area contributed by atoms with Crippen LogP contribution in [0.25, 0.3) is 11.0 Å². The highest BCUT2D eigenvalue weighted by molar-refractivity contribution is 5.94. The number of carbonyl (C=O) groups is 2. The lowest BCUT2D eigenvalue weighted by Gasteiger charge is -2.46. The second-order valence-corrected chi connectivity index (χ2v) is 9.57. The molecule has 9 heteroatoms. The second kappa shape index (κ2) is 9.07. The summed E-state index contributed by atoms with van der Waals surface area (Å²) >= 11 is 0. The molecule has 2 saturated heterocycles. The highest BCUT2D eigenvalue weighted by atomic mass is 16.8. The first-order valence-electron chi connectivity index (χ1n) is 11.7. The average molecular weight is 494 g/mol. The second-order valence-electron chi connectivity index (χ2n) is 9.57. The quantitative estimate of drug-likeness (QED) is 0.418. The number of benzene rings is 2. The van der Waals surface area contributed by atoms with Crippen molar-refractivity contribution < 1.29 is 33.0 Å². The molecule has 0 unspecified atom stereocenters. The van der Waals surface area contributed by atoms with Crippen LogP contribution in [-0.4, -0.2) is 43.1 Å². The summed E-state index contributed by atoms with van der Waals surface area (Å²) in [5.41, 5.74) is 1.16. The van der Waals surface area contributed by atoms with Crippen LogP contribution in [0, 0.1) is 6.92 Å². The number of methoxy groups -OCH3 is 1. The summed E-state index contributed by atoms with van der Waals surface area (Å²) in [4.78, 5) is 37.2. The fourth-order valence-corrected chi connectivity index (χ4v) is 5.08. The Labute approximate surface area is 207 Å². The summed E-state index contributed by atoms with van der Waals surface area (Å²) in [7, 11) is 1.53. The zero-order valence-electron chi connectivity index (χ0n) is 20.4. The van der Waals surface area contributed by atoms with Crippen molar-refractivity contribution in [2.24, 2.45) is 0 Å².